The molecular weight excluding hydrogens is 478 g/mol. The molecule has 0 fully saturated rings. The van der Waals surface area contributed by atoms with Gasteiger partial charge in [0, 0.05) is 53.8 Å². The average Bonchev–Trinajstić information content (AvgIpc) is 3.14. The number of nitrogens with one attached hydrogen (secondary N) is 1. The largest absolute Gasteiger partial charge is 0.368 e. The molecule has 1 aliphatic rings. The van der Waals surface area contributed by atoms with Crippen molar-refractivity contribution in [3.8, 4) is 11.1 Å². The maximum atomic E-state index is 15.1. The van der Waals surface area contributed by atoms with E-state index >= 15 is 4.39 Å². The minimum absolute atomic E-state index is 0.110. The van der Waals surface area contributed by atoms with Crippen molar-refractivity contribution in [1.29, 1.82) is 0 Å². The van der Waals surface area contributed by atoms with E-state index in [2.05, 4.69) is 4.98 Å². The molecule has 2 aromatic carbocycles. The third-order valence-corrected chi connectivity index (χ3v) is 6.93. The van der Waals surface area contributed by atoms with Crippen LogP contribution in [0, 0.1) is 11.6 Å². The van der Waals surface area contributed by atoms with Crippen LogP contribution in [0.3, 0.4) is 0 Å². The van der Waals surface area contributed by atoms with Crippen molar-refractivity contribution >= 4 is 38.0 Å². The number of pyridine rings is 1. The molecule has 0 saturated carbocycles. The Labute approximate surface area is 198 Å². The minimum Gasteiger partial charge on any atom is -0.368 e. The SMILES string of the molecule is Cn1cc2c3c(c[nH]c3c1=O)C(C(N)=O)N(c1ccc(F)cc1F)c1ccc(CS(C)(=O)=O)cc1-2. The minimum atomic E-state index is -3.38. The maximum absolute atomic E-state index is 15.1. The fourth-order valence-corrected chi connectivity index (χ4v) is 5.50. The molecule has 0 saturated heterocycles. The Morgan fingerprint density at radius 1 is 1.11 bits per heavy atom. The predicted octanol–water partition coefficient (Wildman–Crippen LogP) is 3.03. The molecule has 1 amide bonds. The molecule has 8 nitrogen and oxygen atoms in total. The molecular formula is C24H20F2N4O4S. The summed E-state index contributed by atoms with van der Waals surface area (Å²) in [7, 11) is -1.82. The van der Waals surface area contributed by atoms with E-state index < -0.39 is 33.4 Å². The van der Waals surface area contributed by atoms with Gasteiger partial charge in [0.15, 0.2) is 9.84 Å². The lowest BCUT2D eigenvalue weighted by Gasteiger charge is -2.32. The van der Waals surface area contributed by atoms with Gasteiger partial charge in [0.05, 0.1) is 17.1 Å². The zero-order valence-electron chi connectivity index (χ0n) is 18.7. The van der Waals surface area contributed by atoms with Crippen molar-refractivity contribution in [2.45, 2.75) is 11.8 Å². The predicted molar refractivity (Wildman–Crippen MR) is 128 cm³/mol. The number of fused-ring (bicyclic) bond motifs is 2. The smallest absolute Gasteiger partial charge is 0.274 e. The van der Waals surface area contributed by atoms with Crippen molar-refractivity contribution in [3.63, 3.8) is 0 Å². The van der Waals surface area contributed by atoms with Crippen LogP contribution in [0.2, 0.25) is 0 Å². The highest BCUT2D eigenvalue weighted by Crippen LogP contribution is 2.48. The van der Waals surface area contributed by atoms with Crippen LogP contribution < -0.4 is 16.2 Å². The first-order valence-electron chi connectivity index (χ1n) is 10.5. The molecule has 3 heterocycles. The molecule has 3 N–H and O–H groups in total. The summed E-state index contributed by atoms with van der Waals surface area (Å²) in [6.45, 7) is 0. The van der Waals surface area contributed by atoms with Gasteiger partial charge in [-0.15, -0.1) is 0 Å². The second kappa shape index (κ2) is 7.77. The van der Waals surface area contributed by atoms with Gasteiger partial charge in [0.1, 0.15) is 23.2 Å². The van der Waals surface area contributed by atoms with Crippen molar-refractivity contribution in [3.05, 3.63) is 81.9 Å². The molecule has 1 unspecified atom stereocenters. The monoisotopic (exact) mass is 498 g/mol. The number of carbonyl (C=O) groups excluding carboxylic acids is 1. The first kappa shape index (κ1) is 22.8. The molecule has 1 atom stereocenters. The number of amides is 1. The molecule has 11 heteroatoms. The second-order valence-corrected chi connectivity index (χ2v) is 10.8. The summed E-state index contributed by atoms with van der Waals surface area (Å²) in [5.41, 5.74) is 7.70. The van der Waals surface area contributed by atoms with Crippen LogP contribution in [0.15, 0.2) is 53.6 Å². The molecule has 5 rings (SSSR count). The first-order valence-corrected chi connectivity index (χ1v) is 12.6. The Balaban J connectivity index is 1.94. The number of carbonyl (C=O) groups is 1. The Morgan fingerprint density at radius 2 is 1.83 bits per heavy atom. The number of sulfone groups is 1. The highest BCUT2D eigenvalue weighted by Gasteiger charge is 2.37. The Morgan fingerprint density at radius 3 is 2.49 bits per heavy atom. The summed E-state index contributed by atoms with van der Waals surface area (Å²) in [5, 5.41) is 0.416. The fourth-order valence-electron chi connectivity index (χ4n) is 4.72. The molecule has 1 aliphatic heterocycles. The zero-order valence-corrected chi connectivity index (χ0v) is 19.5. The summed E-state index contributed by atoms with van der Waals surface area (Å²) >= 11 is 0. The Kier molecular flexibility index (Phi) is 5.06. The lowest BCUT2D eigenvalue weighted by molar-refractivity contribution is -0.119. The quantitative estimate of drug-likeness (QED) is 0.449. The number of primary amides is 1. The second-order valence-electron chi connectivity index (χ2n) is 8.65. The van der Waals surface area contributed by atoms with Crippen LogP contribution in [0.1, 0.15) is 17.2 Å². The first-order chi connectivity index (χ1) is 16.5. The molecule has 0 spiro atoms. The molecule has 35 heavy (non-hydrogen) atoms. The van der Waals surface area contributed by atoms with Gasteiger partial charge in [-0.2, -0.15) is 0 Å². The number of halogens is 2. The standard InChI is InChI=1S/C24H20F2N4O4S/c1-29-10-16-14-7-12(11-35(2,33)34)3-5-18(14)30(19-6-4-13(25)8-17(19)26)22(23(27)31)15-9-28-21(20(15)16)24(29)32/h3-10,22,28H,11H2,1-2H3,(H2,27,31). The van der Waals surface area contributed by atoms with Crippen LogP contribution in [-0.4, -0.2) is 30.1 Å². The number of aromatic amines is 1. The van der Waals surface area contributed by atoms with Crippen LogP contribution in [-0.2, 0) is 27.4 Å². The van der Waals surface area contributed by atoms with Gasteiger partial charge in [0.2, 0.25) is 5.91 Å². The van der Waals surface area contributed by atoms with E-state index in [0.29, 0.717) is 39.4 Å². The Bertz CT molecular complexity index is 1710. The molecule has 2 aromatic heterocycles. The van der Waals surface area contributed by atoms with Crippen molar-refractivity contribution in [2.75, 3.05) is 11.2 Å². The number of aryl methyl sites for hydroxylation is 1. The number of rotatable bonds is 4. The molecule has 0 bridgehead atoms. The van der Waals surface area contributed by atoms with Crippen LogP contribution in [0.5, 0.6) is 0 Å². The number of aromatic nitrogens is 2. The van der Waals surface area contributed by atoms with Crippen LogP contribution in [0.4, 0.5) is 20.2 Å². The average molecular weight is 499 g/mol. The number of nitrogens with two attached hydrogens (primary N) is 1. The van der Waals surface area contributed by atoms with E-state index in [1.165, 1.54) is 21.7 Å². The summed E-state index contributed by atoms with van der Waals surface area (Å²) in [4.78, 5) is 29.9. The maximum Gasteiger partial charge on any atom is 0.274 e. The molecule has 4 aromatic rings. The number of hydrogen-bond donors (Lipinski definition) is 2. The summed E-state index contributed by atoms with van der Waals surface area (Å²) in [5.74, 6) is -2.79. The van der Waals surface area contributed by atoms with Crippen molar-refractivity contribution in [2.24, 2.45) is 12.8 Å². The molecule has 0 radical (unpaired) electrons. The number of nitrogens with zero attached hydrogens (tertiary/aromatic N) is 2. The fraction of sp³-hybridized carbons (Fsp3) is 0.167. The van der Waals surface area contributed by atoms with E-state index in [1.807, 2.05) is 0 Å². The summed E-state index contributed by atoms with van der Waals surface area (Å²) in [6.07, 6.45) is 4.16. The number of anilines is 2. The number of benzene rings is 2. The van der Waals surface area contributed by atoms with E-state index in [-0.39, 0.29) is 22.5 Å². The third-order valence-electron chi connectivity index (χ3n) is 6.07. The van der Waals surface area contributed by atoms with Crippen molar-refractivity contribution < 1.29 is 22.0 Å². The highest BCUT2D eigenvalue weighted by atomic mass is 32.2. The molecule has 0 aliphatic carbocycles. The van der Waals surface area contributed by atoms with Gasteiger partial charge in [-0.05, 0) is 29.8 Å². The number of hydrogen-bond acceptors (Lipinski definition) is 5. The summed E-state index contributed by atoms with van der Waals surface area (Å²) in [6, 6.07) is 6.48. The zero-order chi connectivity index (χ0) is 25.2. The van der Waals surface area contributed by atoms with Crippen molar-refractivity contribution in [1.82, 2.24) is 9.55 Å². The number of H-pyrrole nitrogens is 1. The van der Waals surface area contributed by atoms with Gasteiger partial charge in [-0.25, -0.2) is 17.2 Å². The van der Waals surface area contributed by atoms with Gasteiger partial charge in [-0.3, -0.25) is 9.59 Å². The normalized spacial score (nSPS) is 15.2. The van der Waals surface area contributed by atoms with Crippen LogP contribution in [0.25, 0.3) is 22.0 Å². The van der Waals surface area contributed by atoms with E-state index in [9.17, 15) is 22.4 Å². The summed E-state index contributed by atoms with van der Waals surface area (Å²) < 4.78 is 54.2. The topological polar surface area (TPSA) is 118 Å². The third kappa shape index (κ3) is 3.68. The van der Waals surface area contributed by atoms with Gasteiger partial charge < -0.3 is 20.2 Å². The van der Waals surface area contributed by atoms with E-state index in [4.69, 9.17) is 5.73 Å². The van der Waals surface area contributed by atoms with Gasteiger partial charge >= 0.3 is 0 Å². The van der Waals surface area contributed by atoms with Gasteiger partial charge in [-0.1, -0.05) is 6.07 Å². The molecule has 180 valence electrons. The van der Waals surface area contributed by atoms with Crippen LogP contribution >= 0.6 is 0 Å². The highest BCUT2D eigenvalue weighted by molar-refractivity contribution is 7.89. The van der Waals surface area contributed by atoms with E-state index in [0.717, 1.165) is 12.3 Å². The Hall–Kier alpha value is -3.99. The van der Waals surface area contributed by atoms with Gasteiger partial charge in [0.25, 0.3) is 5.56 Å². The lowest BCUT2D eigenvalue weighted by atomic mass is 9.98. The lowest BCUT2D eigenvalue weighted by Crippen LogP contribution is -2.35. The van der Waals surface area contributed by atoms with E-state index in [1.54, 1.807) is 31.4 Å².